The van der Waals surface area contributed by atoms with Gasteiger partial charge in [-0.15, -0.1) is 0 Å². The van der Waals surface area contributed by atoms with E-state index >= 15 is 0 Å². The van der Waals surface area contributed by atoms with Gasteiger partial charge in [0.15, 0.2) is 5.76 Å². The summed E-state index contributed by atoms with van der Waals surface area (Å²) in [5, 5.41) is 0. The van der Waals surface area contributed by atoms with Crippen molar-refractivity contribution >= 4 is 5.91 Å². The normalized spacial score (nSPS) is 10.3. The first-order valence-electron chi connectivity index (χ1n) is 8.01. The molecule has 1 amide bonds. The van der Waals surface area contributed by atoms with E-state index in [1.807, 2.05) is 30.3 Å². The second-order valence-electron chi connectivity index (χ2n) is 5.95. The van der Waals surface area contributed by atoms with E-state index < -0.39 is 0 Å². The van der Waals surface area contributed by atoms with E-state index in [9.17, 15) is 4.79 Å². The van der Waals surface area contributed by atoms with Gasteiger partial charge in [-0.25, -0.2) is 0 Å². The van der Waals surface area contributed by atoms with Crippen molar-refractivity contribution in [3.63, 3.8) is 0 Å². The van der Waals surface area contributed by atoms with Crippen LogP contribution in [-0.4, -0.2) is 31.0 Å². The quantitative estimate of drug-likeness (QED) is 0.763. The standard InChI is InChI=1S/C20H23NO3/c1-16(2)14-21(13-7-10-17-8-5-4-6-9-17)20(22)19-12-11-18(24-19)15-23-3/h4-6,8-9,11-12,16H,13-15H2,1-3H3. The average molecular weight is 325 g/mol. The maximum atomic E-state index is 12.7. The predicted molar refractivity (Wildman–Crippen MR) is 93.5 cm³/mol. The Balaban J connectivity index is 2.09. The molecule has 1 aromatic carbocycles. The van der Waals surface area contributed by atoms with E-state index in [0.29, 0.717) is 37.1 Å². The molecular formula is C20H23NO3. The smallest absolute Gasteiger partial charge is 0.290 e. The van der Waals surface area contributed by atoms with Gasteiger partial charge in [0, 0.05) is 19.2 Å². The highest BCUT2D eigenvalue weighted by atomic mass is 16.5. The van der Waals surface area contributed by atoms with Crippen molar-refractivity contribution in [2.75, 3.05) is 20.2 Å². The van der Waals surface area contributed by atoms with Crippen LogP contribution in [0.5, 0.6) is 0 Å². The molecule has 0 saturated carbocycles. The monoisotopic (exact) mass is 325 g/mol. The van der Waals surface area contributed by atoms with Gasteiger partial charge in [-0.05, 0) is 30.2 Å². The van der Waals surface area contributed by atoms with Crippen molar-refractivity contribution in [2.24, 2.45) is 5.92 Å². The third-order valence-electron chi connectivity index (χ3n) is 3.31. The molecule has 0 spiro atoms. The number of furan rings is 1. The molecule has 24 heavy (non-hydrogen) atoms. The van der Waals surface area contributed by atoms with Crippen LogP contribution in [0.3, 0.4) is 0 Å². The number of amides is 1. The van der Waals surface area contributed by atoms with Gasteiger partial charge in [-0.2, -0.15) is 0 Å². The van der Waals surface area contributed by atoms with E-state index in [4.69, 9.17) is 9.15 Å². The summed E-state index contributed by atoms with van der Waals surface area (Å²) in [6.07, 6.45) is 0. The Morgan fingerprint density at radius 2 is 1.96 bits per heavy atom. The Bertz CT molecular complexity index is 707. The highest BCUT2D eigenvalue weighted by Crippen LogP contribution is 2.13. The second-order valence-corrected chi connectivity index (χ2v) is 5.95. The first-order chi connectivity index (χ1) is 11.6. The molecule has 0 radical (unpaired) electrons. The van der Waals surface area contributed by atoms with E-state index in [1.54, 1.807) is 24.1 Å². The number of benzene rings is 1. The van der Waals surface area contributed by atoms with Gasteiger partial charge in [-0.3, -0.25) is 4.79 Å². The van der Waals surface area contributed by atoms with E-state index in [1.165, 1.54) is 0 Å². The summed E-state index contributed by atoms with van der Waals surface area (Å²) in [4.78, 5) is 14.4. The van der Waals surface area contributed by atoms with Crippen molar-refractivity contribution in [1.29, 1.82) is 0 Å². The number of carbonyl (C=O) groups is 1. The summed E-state index contributed by atoms with van der Waals surface area (Å²) in [6, 6.07) is 13.2. The van der Waals surface area contributed by atoms with Crippen molar-refractivity contribution in [3.05, 3.63) is 59.5 Å². The van der Waals surface area contributed by atoms with Crippen LogP contribution < -0.4 is 0 Å². The largest absolute Gasteiger partial charge is 0.453 e. The Morgan fingerprint density at radius 3 is 2.62 bits per heavy atom. The minimum Gasteiger partial charge on any atom is -0.453 e. The number of carbonyl (C=O) groups excluding carboxylic acids is 1. The lowest BCUT2D eigenvalue weighted by Crippen LogP contribution is -2.34. The molecule has 0 saturated heterocycles. The lowest BCUT2D eigenvalue weighted by atomic mass is 10.2. The molecule has 0 aliphatic rings. The van der Waals surface area contributed by atoms with Gasteiger partial charge >= 0.3 is 0 Å². The number of ether oxygens (including phenoxy) is 1. The van der Waals surface area contributed by atoms with E-state index in [2.05, 4.69) is 25.7 Å². The first-order valence-corrected chi connectivity index (χ1v) is 8.01. The summed E-state index contributed by atoms with van der Waals surface area (Å²) in [5.74, 6) is 7.33. The van der Waals surface area contributed by atoms with Crippen molar-refractivity contribution in [1.82, 2.24) is 4.90 Å². The molecule has 126 valence electrons. The van der Waals surface area contributed by atoms with Crippen LogP contribution in [0.2, 0.25) is 0 Å². The highest BCUT2D eigenvalue weighted by molar-refractivity contribution is 5.91. The lowest BCUT2D eigenvalue weighted by molar-refractivity contribution is 0.0719. The summed E-state index contributed by atoms with van der Waals surface area (Å²) in [6.45, 7) is 5.49. The number of methoxy groups -OCH3 is 1. The molecule has 2 rings (SSSR count). The van der Waals surface area contributed by atoms with Gasteiger partial charge in [0.2, 0.25) is 0 Å². The summed E-state index contributed by atoms with van der Waals surface area (Å²) in [7, 11) is 1.59. The minimum absolute atomic E-state index is 0.145. The summed E-state index contributed by atoms with van der Waals surface area (Å²) >= 11 is 0. The zero-order chi connectivity index (χ0) is 17.4. The summed E-state index contributed by atoms with van der Waals surface area (Å²) in [5.41, 5.74) is 0.940. The lowest BCUT2D eigenvalue weighted by Gasteiger charge is -2.21. The van der Waals surface area contributed by atoms with Gasteiger partial charge < -0.3 is 14.1 Å². The summed E-state index contributed by atoms with van der Waals surface area (Å²) < 4.78 is 10.6. The molecule has 4 heteroatoms. The molecule has 0 atom stereocenters. The number of hydrogen-bond acceptors (Lipinski definition) is 3. The third kappa shape index (κ3) is 5.29. The molecule has 2 aromatic rings. The number of rotatable bonds is 6. The molecule has 0 fully saturated rings. The molecule has 0 unspecified atom stereocenters. The van der Waals surface area contributed by atoms with Gasteiger partial charge in [0.25, 0.3) is 5.91 Å². The molecule has 0 aliphatic heterocycles. The fourth-order valence-electron chi connectivity index (χ4n) is 2.29. The molecule has 0 bridgehead atoms. The molecule has 1 heterocycles. The third-order valence-corrected chi connectivity index (χ3v) is 3.31. The van der Waals surface area contributed by atoms with Crippen LogP contribution >= 0.6 is 0 Å². The molecule has 0 aliphatic carbocycles. The van der Waals surface area contributed by atoms with Crippen molar-refractivity contribution in [3.8, 4) is 11.8 Å². The van der Waals surface area contributed by atoms with Gasteiger partial charge in [0.05, 0.1) is 6.54 Å². The predicted octanol–water partition coefficient (Wildman–Crippen LogP) is 3.58. The van der Waals surface area contributed by atoms with Crippen LogP contribution in [0.15, 0.2) is 46.9 Å². The van der Waals surface area contributed by atoms with Crippen molar-refractivity contribution in [2.45, 2.75) is 20.5 Å². The number of hydrogen-bond donors (Lipinski definition) is 0. The molecule has 1 aromatic heterocycles. The Morgan fingerprint density at radius 1 is 1.21 bits per heavy atom. The first kappa shape index (κ1) is 17.8. The van der Waals surface area contributed by atoms with Crippen LogP contribution in [0, 0.1) is 17.8 Å². The van der Waals surface area contributed by atoms with Crippen LogP contribution in [0.25, 0.3) is 0 Å². The fraction of sp³-hybridized carbons (Fsp3) is 0.350. The molecule has 0 N–H and O–H groups in total. The number of nitrogens with zero attached hydrogens (tertiary/aromatic N) is 1. The van der Waals surface area contributed by atoms with Gasteiger partial charge in [-0.1, -0.05) is 43.9 Å². The molecular weight excluding hydrogens is 302 g/mol. The zero-order valence-electron chi connectivity index (χ0n) is 14.4. The maximum Gasteiger partial charge on any atom is 0.290 e. The average Bonchev–Trinajstić information content (AvgIpc) is 3.03. The van der Waals surface area contributed by atoms with E-state index in [0.717, 1.165) is 5.56 Å². The highest BCUT2D eigenvalue weighted by Gasteiger charge is 2.19. The second kappa shape index (κ2) is 8.95. The van der Waals surface area contributed by atoms with Crippen LogP contribution in [0.4, 0.5) is 0 Å². The Labute approximate surface area is 143 Å². The topological polar surface area (TPSA) is 42.7 Å². The molecule has 4 nitrogen and oxygen atoms in total. The van der Waals surface area contributed by atoms with Crippen molar-refractivity contribution < 1.29 is 13.9 Å². The van der Waals surface area contributed by atoms with Crippen LogP contribution in [0.1, 0.15) is 35.7 Å². The van der Waals surface area contributed by atoms with Gasteiger partial charge in [0.1, 0.15) is 12.4 Å². The fourth-order valence-corrected chi connectivity index (χ4v) is 2.29. The maximum absolute atomic E-state index is 12.7. The minimum atomic E-state index is -0.145. The SMILES string of the molecule is COCc1ccc(C(=O)N(CC#Cc2ccccc2)CC(C)C)o1. The Hall–Kier alpha value is -2.51. The van der Waals surface area contributed by atoms with Crippen LogP contribution in [-0.2, 0) is 11.3 Å². The van der Waals surface area contributed by atoms with E-state index in [-0.39, 0.29) is 5.91 Å². The Kier molecular flexibility index (Phi) is 6.65. The zero-order valence-corrected chi connectivity index (χ0v) is 14.4.